The molecule has 2 aromatic carbocycles. The molecule has 0 saturated carbocycles. The minimum absolute atomic E-state index is 0.0134. The van der Waals surface area contributed by atoms with Crippen molar-refractivity contribution in [3.63, 3.8) is 0 Å². The fourth-order valence-electron chi connectivity index (χ4n) is 1.50. The van der Waals surface area contributed by atoms with Crippen LogP contribution in [0.3, 0.4) is 0 Å². The summed E-state index contributed by atoms with van der Waals surface area (Å²) in [5, 5.41) is 0. The first-order valence-electron chi connectivity index (χ1n) is 4.94. The Balaban J connectivity index is 2.51. The SMILES string of the molecule is O=C(c1ccc(F)cc1F)c1cccc(F)c1Br. The van der Waals surface area contributed by atoms with E-state index in [4.69, 9.17) is 0 Å². The first-order valence-corrected chi connectivity index (χ1v) is 5.74. The first kappa shape index (κ1) is 12.8. The Hall–Kier alpha value is -1.62. The largest absolute Gasteiger partial charge is 0.288 e. The van der Waals surface area contributed by atoms with Crippen LogP contribution in [0.5, 0.6) is 0 Å². The normalized spacial score (nSPS) is 10.4. The Morgan fingerprint density at radius 2 is 1.67 bits per heavy atom. The maximum Gasteiger partial charge on any atom is 0.197 e. The summed E-state index contributed by atoms with van der Waals surface area (Å²) in [6, 6.07) is 6.49. The number of rotatable bonds is 2. The lowest BCUT2D eigenvalue weighted by atomic mass is 10.0. The average Bonchev–Trinajstić information content (AvgIpc) is 2.32. The molecule has 2 rings (SSSR count). The van der Waals surface area contributed by atoms with Crippen LogP contribution in [0.1, 0.15) is 15.9 Å². The summed E-state index contributed by atoms with van der Waals surface area (Å²) in [6.45, 7) is 0. The van der Waals surface area contributed by atoms with E-state index in [1.807, 2.05) is 0 Å². The van der Waals surface area contributed by atoms with Crippen LogP contribution < -0.4 is 0 Å². The molecule has 0 heterocycles. The van der Waals surface area contributed by atoms with Crippen LogP contribution in [0.25, 0.3) is 0 Å². The van der Waals surface area contributed by atoms with Gasteiger partial charge >= 0.3 is 0 Å². The van der Waals surface area contributed by atoms with E-state index in [9.17, 15) is 18.0 Å². The third kappa shape index (κ3) is 2.31. The predicted octanol–water partition coefficient (Wildman–Crippen LogP) is 4.10. The number of hydrogen-bond acceptors (Lipinski definition) is 1. The van der Waals surface area contributed by atoms with E-state index in [1.165, 1.54) is 18.2 Å². The van der Waals surface area contributed by atoms with Gasteiger partial charge in [-0.25, -0.2) is 13.2 Å². The molecule has 0 atom stereocenters. The fourth-order valence-corrected chi connectivity index (χ4v) is 1.94. The average molecular weight is 315 g/mol. The summed E-state index contributed by atoms with van der Waals surface area (Å²) in [4.78, 5) is 12.0. The number of ketones is 1. The molecule has 0 aliphatic carbocycles. The lowest BCUT2D eigenvalue weighted by Crippen LogP contribution is -2.06. The third-order valence-corrected chi connectivity index (χ3v) is 3.18. The topological polar surface area (TPSA) is 17.1 Å². The summed E-state index contributed by atoms with van der Waals surface area (Å²) >= 11 is 2.92. The fraction of sp³-hybridized carbons (Fsp3) is 0. The van der Waals surface area contributed by atoms with Gasteiger partial charge < -0.3 is 0 Å². The maximum atomic E-state index is 13.4. The van der Waals surface area contributed by atoms with Gasteiger partial charge in [0.1, 0.15) is 17.5 Å². The van der Waals surface area contributed by atoms with Crippen LogP contribution in [0.15, 0.2) is 40.9 Å². The van der Waals surface area contributed by atoms with E-state index in [1.54, 1.807) is 0 Å². The van der Waals surface area contributed by atoms with Crippen LogP contribution in [0.2, 0.25) is 0 Å². The highest BCUT2D eigenvalue weighted by molar-refractivity contribution is 9.10. The van der Waals surface area contributed by atoms with Gasteiger partial charge in [-0.1, -0.05) is 6.07 Å². The van der Waals surface area contributed by atoms with Gasteiger partial charge in [0.25, 0.3) is 0 Å². The zero-order valence-corrected chi connectivity index (χ0v) is 10.5. The van der Waals surface area contributed by atoms with E-state index in [2.05, 4.69) is 15.9 Å². The molecular weight excluding hydrogens is 309 g/mol. The van der Waals surface area contributed by atoms with Crippen molar-refractivity contribution >= 4 is 21.7 Å². The van der Waals surface area contributed by atoms with E-state index >= 15 is 0 Å². The van der Waals surface area contributed by atoms with Crippen molar-refractivity contribution in [1.82, 2.24) is 0 Å². The zero-order chi connectivity index (χ0) is 13.3. The second-order valence-corrected chi connectivity index (χ2v) is 4.35. The lowest BCUT2D eigenvalue weighted by molar-refractivity contribution is 0.103. The molecule has 0 N–H and O–H groups in total. The summed E-state index contributed by atoms with van der Waals surface area (Å²) in [6.07, 6.45) is 0. The third-order valence-electron chi connectivity index (χ3n) is 2.37. The van der Waals surface area contributed by atoms with Crippen molar-refractivity contribution in [2.45, 2.75) is 0 Å². The Kier molecular flexibility index (Phi) is 3.52. The molecule has 0 aliphatic rings. The van der Waals surface area contributed by atoms with E-state index in [0.717, 1.165) is 12.1 Å². The molecule has 0 bridgehead atoms. The first-order chi connectivity index (χ1) is 8.50. The van der Waals surface area contributed by atoms with Gasteiger partial charge in [0, 0.05) is 11.6 Å². The summed E-state index contributed by atoms with van der Waals surface area (Å²) < 4.78 is 39.4. The second-order valence-electron chi connectivity index (χ2n) is 3.55. The van der Waals surface area contributed by atoms with Crippen LogP contribution in [0, 0.1) is 17.5 Å². The van der Waals surface area contributed by atoms with Crippen LogP contribution in [-0.2, 0) is 0 Å². The van der Waals surface area contributed by atoms with Crippen molar-refractivity contribution in [1.29, 1.82) is 0 Å². The van der Waals surface area contributed by atoms with Gasteiger partial charge in [0.05, 0.1) is 10.0 Å². The molecule has 0 aromatic heterocycles. The van der Waals surface area contributed by atoms with Gasteiger partial charge in [-0.15, -0.1) is 0 Å². The molecule has 92 valence electrons. The van der Waals surface area contributed by atoms with Crippen molar-refractivity contribution < 1.29 is 18.0 Å². The lowest BCUT2D eigenvalue weighted by Gasteiger charge is -2.05. The molecule has 1 nitrogen and oxygen atoms in total. The molecule has 0 aliphatic heterocycles. The van der Waals surface area contributed by atoms with Crippen LogP contribution in [0.4, 0.5) is 13.2 Å². The molecule has 0 fully saturated rings. The standard InChI is InChI=1S/C13H6BrF3O/c14-12-9(2-1-3-10(12)16)13(18)8-5-4-7(15)6-11(8)17/h1-6H. The van der Waals surface area contributed by atoms with Gasteiger partial charge in [-0.05, 0) is 40.2 Å². The predicted molar refractivity (Wildman–Crippen MR) is 63.9 cm³/mol. The molecule has 0 amide bonds. The van der Waals surface area contributed by atoms with Crippen molar-refractivity contribution in [3.05, 3.63) is 69.4 Å². The number of benzene rings is 2. The molecule has 2 aromatic rings. The summed E-state index contributed by atoms with van der Waals surface area (Å²) in [5.74, 6) is -3.08. The maximum absolute atomic E-state index is 13.4. The summed E-state index contributed by atoms with van der Waals surface area (Å²) in [5.41, 5.74) is -0.316. The molecule has 0 radical (unpaired) electrons. The van der Waals surface area contributed by atoms with Crippen LogP contribution in [-0.4, -0.2) is 5.78 Å². The molecule has 18 heavy (non-hydrogen) atoms. The Morgan fingerprint density at radius 1 is 0.944 bits per heavy atom. The highest BCUT2D eigenvalue weighted by Crippen LogP contribution is 2.24. The molecule has 0 unspecified atom stereocenters. The zero-order valence-electron chi connectivity index (χ0n) is 8.88. The highest BCUT2D eigenvalue weighted by Gasteiger charge is 2.18. The van der Waals surface area contributed by atoms with E-state index in [0.29, 0.717) is 6.07 Å². The quantitative estimate of drug-likeness (QED) is 0.763. The van der Waals surface area contributed by atoms with Crippen LogP contribution >= 0.6 is 15.9 Å². The molecule has 0 spiro atoms. The Morgan fingerprint density at radius 3 is 2.33 bits per heavy atom. The monoisotopic (exact) mass is 314 g/mol. The molecule has 5 heteroatoms. The molecule has 0 saturated heterocycles. The van der Waals surface area contributed by atoms with E-state index < -0.39 is 23.2 Å². The van der Waals surface area contributed by atoms with Crippen molar-refractivity contribution in [3.8, 4) is 0 Å². The van der Waals surface area contributed by atoms with Crippen molar-refractivity contribution in [2.75, 3.05) is 0 Å². The van der Waals surface area contributed by atoms with Gasteiger partial charge in [0.2, 0.25) is 0 Å². The number of carbonyl (C=O) groups excluding carboxylic acids is 1. The highest BCUT2D eigenvalue weighted by atomic mass is 79.9. The summed E-state index contributed by atoms with van der Waals surface area (Å²) in [7, 11) is 0. The number of hydrogen-bond donors (Lipinski definition) is 0. The van der Waals surface area contributed by atoms with Gasteiger partial charge in [-0.2, -0.15) is 0 Å². The van der Waals surface area contributed by atoms with E-state index in [-0.39, 0.29) is 15.6 Å². The Bertz CT molecular complexity index is 626. The van der Waals surface area contributed by atoms with Gasteiger partial charge in [-0.3, -0.25) is 4.79 Å². The minimum atomic E-state index is -0.976. The number of halogens is 4. The van der Waals surface area contributed by atoms with Gasteiger partial charge in [0.15, 0.2) is 5.78 Å². The van der Waals surface area contributed by atoms with Crippen molar-refractivity contribution in [2.24, 2.45) is 0 Å². The smallest absolute Gasteiger partial charge is 0.197 e. The second kappa shape index (κ2) is 4.94. The minimum Gasteiger partial charge on any atom is -0.288 e. The molecular formula is C13H6BrF3O. The number of carbonyl (C=O) groups is 1. The Labute approximate surface area is 109 Å².